The lowest BCUT2D eigenvalue weighted by Crippen LogP contribution is -2.20. The molecule has 1 aromatic heterocycles. The Morgan fingerprint density at radius 3 is 2.54 bits per heavy atom. The Labute approximate surface area is 161 Å². The summed E-state index contributed by atoms with van der Waals surface area (Å²) in [6.07, 6.45) is 1.21. The lowest BCUT2D eigenvalue weighted by atomic mass is 10.0. The summed E-state index contributed by atoms with van der Waals surface area (Å²) in [4.78, 5) is 25.2. The first-order valence-electron chi connectivity index (χ1n) is 8.94. The fourth-order valence-corrected chi connectivity index (χ4v) is 3.36. The average molecular weight is 377 g/mol. The summed E-state index contributed by atoms with van der Waals surface area (Å²) in [5.41, 5.74) is 3.18. The molecule has 0 saturated carbocycles. The molecule has 0 radical (unpaired) electrons. The highest BCUT2D eigenvalue weighted by Crippen LogP contribution is 2.33. The number of carbonyl (C=O) groups is 2. The zero-order valence-electron chi connectivity index (χ0n) is 15.4. The number of fused-ring (bicyclic) bond motifs is 1. The Balaban J connectivity index is 1.68. The summed E-state index contributed by atoms with van der Waals surface area (Å²) in [5.74, 6) is -1.02. The summed E-state index contributed by atoms with van der Waals surface area (Å²) in [5, 5.41) is 0.821. The highest BCUT2D eigenvalue weighted by atomic mass is 16.6. The highest BCUT2D eigenvalue weighted by molar-refractivity contribution is 6.14. The molecule has 0 saturated heterocycles. The first kappa shape index (κ1) is 17.9. The van der Waals surface area contributed by atoms with Gasteiger partial charge in [-0.15, -0.1) is 0 Å². The SMILES string of the molecule is Cn1c(-c2ccccc2)c(C(=O)COC(=O)C2=COCCO2)c2ccccc21. The molecular formula is C22H19NO5. The maximum Gasteiger partial charge on any atom is 0.377 e. The van der Waals surface area contributed by atoms with Gasteiger partial charge in [0.1, 0.15) is 19.5 Å². The maximum absolute atomic E-state index is 13.1. The van der Waals surface area contributed by atoms with Gasteiger partial charge < -0.3 is 18.8 Å². The Kier molecular flexibility index (Phi) is 4.85. The molecule has 0 aliphatic carbocycles. The molecule has 6 heteroatoms. The van der Waals surface area contributed by atoms with Gasteiger partial charge in [0.15, 0.2) is 6.61 Å². The smallest absolute Gasteiger partial charge is 0.377 e. The van der Waals surface area contributed by atoms with Gasteiger partial charge >= 0.3 is 5.97 Å². The number of ether oxygens (including phenoxy) is 3. The van der Waals surface area contributed by atoms with Crippen molar-refractivity contribution in [3.8, 4) is 11.3 Å². The van der Waals surface area contributed by atoms with Crippen molar-refractivity contribution in [1.29, 1.82) is 0 Å². The minimum Gasteiger partial charge on any atom is -0.493 e. The van der Waals surface area contributed by atoms with Gasteiger partial charge in [-0.1, -0.05) is 48.5 Å². The van der Waals surface area contributed by atoms with Crippen molar-refractivity contribution in [3.05, 3.63) is 72.2 Å². The van der Waals surface area contributed by atoms with Gasteiger partial charge in [-0.05, 0) is 11.6 Å². The van der Waals surface area contributed by atoms with Crippen LogP contribution in [0.4, 0.5) is 0 Å². The molecule has 0 unspecified atom stereocenters. The number of hydrogen-bond donors (Lipinski definition) is 0. The van der Waals surface area contributed by atoms with E-state index in [9.17, 15) is 9.59 Å². The normalized spacial score (nSPS) is 13.4. The maximum atomic E-state index is 13.1. The lowest BCUT2D eigenvalue weighted by molar-refractivity contribution is -0.143. The largest absolute Gasteiger partial charge is 0.493 e. The van der Waals surface area contributed by atoms with Crippen molar-refractivity contribution < 1.29 is 23.8 Å². The first-order valence-corrected chi connectivity index (χ1v) is 8.94. The predicted molar refractivity (Wildman–Crippen MR) is 104 cm³/mol. The molecule has 2 aromatic carbocycles. The van der Waals surface area contributed by atoms with Crippen LogP contribution in [0.1, 0.15) is 10.4 Å². The molecular weight excluding hydrogens is 358 g/mol. The quantitative estimate of drug-likeness (QED) is 0.503. The van der Waals surface area contributed by atoms with Crippen molar-refractivity contribution in [2.75, 3.05) is 19.8 Å². The minimum absolute atomic E-state index is 0.0275. The number of aromatic nitrogens is 1. The monoisotopic (exact) mass is 377 g/mol. The number of benzene rings is 2. The Hall–Kier alpha value is -3.54. The van der Waals surface area contributed by atoms with Crippen LogP contribution < -0.4 is 0 Å². The highest BCUT2D eigenvalue weighted by Gasteiger charge is 2.24. The molecule has 28 heavy (non-hydrogen) atoms. The molecule has 1 aliphatic heterocycles. The standard InChI is InChI=1S/C22H19NO5/c1-23-17-10-6-5-9-16(17)20(21(23)15-7-3-2-4-8-15)18(24)13-28-22(25)19-14-26-11-12-27-19/h2-10,14H,11-13H2,1H3. The van der Waals surface area contributed by atoms with E-state index in [1.165, 1.54) is 6.26 Å². The predicted octanol–water partition coefficient (Wildman–Crippen LogP) is 3.46. The third kappa shape index (κ3) is 3.24. The summed E-state index contributed by atoms with van der Waals surface area (Å²) in [6.45, 7) is 0.274. The second-order valence-electron chi connectivity index (χ2n) is 6.37. The summed E-state index contributed by atoms with van der Waals surface area (Å²) in [7, 11) is 1.92. The van der Waals surface area contributed by atoms with E-state index in [4.69, 9.17) is 14.2 Å². The van der Waals surface area contributed by atoms with Crippen LogP contribution in [0.15, 0.2) is 66.6 Å². The van der Waals surface area contributed by atoms with Gasteiger partial charge in [0.25, 0.3) is 0 Å². The van der Waals surface area contributed by atoms with Gasteiger partial charge in [0.2, 0.25) is 11.5 Å². The lowest BCUT2D eigenvalue weighted by Gasteiger charge is -2.14. The third-order valence-corrected chi connectivity index (χ3v) is 4.62. The van der Waals surface area contributed by atoms with Crippen LogP contribution >= 0.6 is 0 Å². The number of nitrogens with zero attached hydrogens (tertiary/aromatic N) is 1. The Morgan fingerprint density at radius 1 is 1.04 bits per heavy atom. The second-order valence-corrected chi connectivity index (χ2v) is 6.37. The van der Waals surface area contributed by atoms with E-state index >= 15 is 0 Å². The van der Waals surface area contributed by atoms with Gasteiger partial charge in [-0.2, -0.15) is 0 Å². The molecule has 4 rings (SSSR count). The number of rotatable bonds is 5. The number of Topliss-reactive ketones (excluding diaryl/α,β-unsaturated/α-hetero) is 1. The second kappa shape index (κ2) is 7.60. The molecule has 0 fully saturated rings. The summed E-state index contributed by atoms with van der Waals surface area (Å²) < 4.78 is 17.4. The van der Waals surface area contributed by atoms with E-state index in [-0.39, 0.29) is 24.8 Å². The van der Waals surface area contributed by atoms with Gasteiger partial charge in [0.05, 0.1) is 11.3 Å². The molecule has 0 atom stereocenters. The van der Waals surface area contributed by atoms with Gasteiger partial charge in [-0.3, -0.25) is 4.79 Å². The van der Waals surface area contributed by atoms with E-state index in [2.05, 4.69) is 0 Å². The molecule has 1 aliphatic rings. The van der Waals surface area contributed by atoms with E-state index < -0.39 is 5.97 Å². The molecule has 6 nitrogen and oxygen atoms in total. The Bertz CT molecular complexity index is 1070. The summed E-state index contributed by atoms with van der Waals surface area (Å²) >= 11 is 0. The molecule has 0 amide bonds. The van der Waals surface area contributed by atoms with Crippen molar-refractivity contribution in [2.45, 2.75) is 0 Å². The zero-order valence-corrected chi connectivity index (χ0v) is 15.4. The average Bonchev–Trinajstić information content (AvgIpc) is 3.06. The van der Waals surface area contributed by atoms with E-state index in [1.54, 1.807) is 0 Å². The van der Waals surface area contributed by atoms with Crippen LogP contribution in [-0.2, 0) is 26.1 Å². The van der Waals surface area contributed by atoms with Crippen LogP contribution in [0.2, 0.25) is 0 Å². The minimum atomic E-state index is -0.713. The van der Waals surface area contributed by atoms with E-state index in [1.807, 2.05) is 66.2 Å². The number of aryl methyl sites for hydroxylation is 1. The van der Waals surface area contributed by atoms with Crippen molar-refractivity contribution in [2.24, 2.45) is 7.05 Å². The van der Waals surface area contributed by atoms with E-state index in [0.29, 0.717) is 12.2 Å². The fourth-order valence-electron chi connectivity index (χ4n) is 3.36. The van der Waals surface area contributed by atoms with Crippen LogP contribution in [-0.4, -0.2) is 36.1 Å². The van der Waals surface area contributed by atoms with Gasteiger partial charge in [-0.25, -0.2) is 4.79 Å². The zero-order chi connectivity index (χ0) is 19.5. The number of esters is 1. The van der Waals surface area contributed by atoms with Crippen molar-refractivity contribution in [3.63, 3.8) is 0 Å². The van der Waals surface area contributed by atoms with Crippen molar-refractivity contribution in [1.82, 2.24) is 4.57 Å². The molecule has 142 valence electrons. The Morgan fingerprint density at radius 2 is 1.79 bits per heavy atom. The summed E-state index contributed by atoms with van der Waals surface area (Å²) in [6, 6.07) is 17.4. The van der Waals surface area contributed by atoms with Crippen LogP contribution in [0.5, 0.6) is 0 Å². The number of ketones is 1. The molecule has 0 spiro atoms. The van der Waals surface area contributed by atoms with E-state index in [0.717, 1.165) is 22.2 Å². The molecule has 3 aromatic rings. The third-order valence-electron chi connectivity index (χ3n) is 4.62. The van der Waals surface area contributed by atoms with Crippen LogP contribution in [0, 0.1) is 0 Å². The van der Waals surface area contributed by atoms with Crippen LogP contribution in [0.3, 0.4) is 0 Å². The fraction of sp³-hybridized carbons (Fsp3) is 0.182. The number of carbonyl (C=O) groups excluding carboxylic acids is 2. The van der Waals surface area contributed by atoms with Crippen LogP contribution in [0.25, 0.3) is 22.2 Å². The molecule has 0 bridgehead atoms. The topological polar surface area (TPSA) is 66.8 Å². The molecule has 2 heterocycles. The number of hydrogen-bond acceptors (Lipinski definition) is 5. The van der Waals surface area contributed by atoms with Gasteiger partial charge in [0, 0.05) is 18.0 Å². The van der Waals surface area contributed by atoms with Crippen molar-refractivity contribution >= 4 is 22.7 Å². The number of para-hydroxylation sites is 1. The first-order chi connectivity index (χ1) is 13.7. The molecule has 0 N–H and O–H groups in total.